The fourth-order valence-corrected chi connectivity index (χ4v) is 3.40. The molecule has 1 aromatic carbocycles. The zero-order valence-corrected chi connectivity index (χ0v) is 9.78. The summed E-state index contributed by atoms with van der Waals surface area (Å²) in [6.07, 6.45) is -0.785. The largest absolute Gasteiger partial charge is 0.389 e. The predicted molar refractivity (Wildman–Crippen MR) is 58.9 cm³/mol. The average Bonchev–Trinajstić information content (AvgIpc) is 2.14. The maximum Gasteiger partial charge on any atom is 0.186 e. The van der Waals surface area contributed by atoms with Gasteiger partial charge in [-0.1, -0.05) is 18.2 Å². The lowest BCUT2D eigenvalue weighted by molar-refractivity contribution is 0.0415. The van der Waals surface area contributed by atoms with Crippen molar-refractivity contribution in [3.05, 3.63) is 29.8 Å². The van der Waals surface area contributed by atoms with E-state index in [1.165, 1.54) is 6.07 Å². The molecule has 0 saturated carbocycles. The van der Waals surface area contributed by atoms with Crippen molar-refractivity contribution in [3.63, 3.8) is 0 Å². The summed E-state index contributed by atoms with van der Waals surface area (Å²) >= 11 is 0. The molecule has 1 heterocycles. The molecule has 0 bridgehead atoms. The van der Waals surface area contributed by atoms with Crippen molar-refractivity contribution in [2.75, 3.05) is 13.2 Å². The molecular formula is C11H14O4S. The molecule has 16 heavy (non-hydrogen) atoms. The summed E-state index contributed by atoms with van der Waals surface area (Å²) < 4.78 is 29.2. The summed E-state index contributed by atoms with van der Waals surface area (Å²) in [7, 11) is -3.36. The highest BCUT2D eigenvalue weighted by Gasteiger charge is 2.35. The van der Waals surface area contributed by atoms with Gasteiger partial charge in [-0.3, -0.25) is 0 Å². The van der Waals surface area contributed by atoms with Crippen LogP contribution in [0, 0.1) is 0 Å². The number of sulfone groups is 1. The number of ether oxygens (including phenoxy) is 1. The Balaban J connectivity index is 2.47. The van der Waals surface area contributed by atoms with E-state index in [0.29, 0.717) is 5.56 Å². The first kappa shape index (κ1) is 11.6. The standard InChI is InChI=1S/C11H14O4S/c1-8(12)10-4-2-3-5-11(10)16(13,14)9-6-15-7-9/h2-5,8-9,12H,6-7H2,1H3. The van der Waals surface area contributed by atoms with Crippen LogP contribution in [0.2, 0.25) is 0 Å². The zero-order valence-electron chi connectivity index (χ0n) is 8.96. The van der Waals surface area contributed by atoms with Crippen LogP contribution in [0.4, 0.5) is 0 Å². The first-order valence-electron chi connectivity index (χ1n) is 5.12. The van der Waals surface area contributed by atoms with E-state index in [-0.39, 0.29) is 18.1 Å². The Morgan fingerprint density at radius 1 is 1.38 bits per heavy atom. The van der Waals surface area contributed by atoms with Gasteiger partial charge in [-0.2, -0.15) is 0 Å². The molecule has 1 unspecified atom stereocenters. The average molecular weight is 242 g/mol. The third-order valence-corrected chi connectivity index (χ3v) is 4.86. The lowest BCUT2D eigenvalue weighted by Crippen LogP contribution is -2.41. The molecule has 1 fully saturated rings. The van der Waals surface area contributed by atoms with Crippen LogP contribution in [-0.4, -0.2) is 32.0 Å². The molecule has 4 nitrogen and oxygen atoms in total. The highest BCUT2D eigenvalue weighted by Crippen LogP contribution is 2.27. The number of benzene rings is 1. The maximum absolute atomic E-state index is 12.1. The van der Waals surface area contributed by atoms with Crippen molar-refractivity contribution < 1.29 is 18.3 Å². The van der Waals surface area contributed by atoms with Crippen molar-refractivity contribution in [1.82, 2.24) is 0 Å². The molecule has 1 aliphatic rings. The molecule has 1 atom stereocenters. The zero-order chi connectivity index (χ0) is 11.8. The third kappa shape index (κ3) is 1.86. The van der Waals surface area contributed by atoms with Crippen LogP contribution in [-0.2, 0) is 14.6 Å². The van der Waals surface area contributed by atoms with Gasteiger partial charge in [-0.25, -0.2) is 8.42 Å². The summed E-state index contributed by atoms with van der Waals surface area (Å²) in [5.41, 5.74) is 0.453. The first-order valence-corrected chi connectivity index (χ1v) is 6.66. The molecule has 1 aromatic rings. The van der Waals surface area contributed by atoms with Crippen molar-refractivity contribution in [3.8, 4) is 0 Å². The minimum Gasteiger partial charge on any atom is -0.389 e. The van der Waals surface area contributed by atoms with Gasteiger partial charge in [0.15, 0.2) is 9.84 Å². The summed E-state index contributed by atoms with van der Waals surface area (Å²) in [5.74, 6) is 0. The molecule has 0 amide bonds. The molecule has 1 N–H and O–H groups in total. The van der Waals surface area contributed by atoms with Crippen molar-refractivity contribution in [2.24, 2.45) is 0 Å². The second kappa shape index (κ2) is 4.16. The highest BCUT2D eigenvalue weighted by atomic mass is 32.2. The summed E-state index contributed by atoms with van der Waals surface area (Å²) in [6, 6.07) is 6.56. The molecule has 1 saturated heterocycles. The van der Waals surface area contributed by atoms with E-state index in [4.69, 9.17) is 4.74 Å². The van der Waals surface area contributed by atoms with Crippen LogP contribution < -0.4 is 0 Å². The summed E-state index contributed by atoms with van der Waals surface area (Å²) in [4.78, 5) is 0.221. The number of aliphatic hydroxyl groups is 1. The van der Waals surface area contributed by atoms with E-state index < -0.39 is 21.2 Å². The van der Waals surface area contributed by atoms with Crippen LogP contribution in [0.5, 0.6) is 0 Å². The van der Waals surface area contributed by atoms with Gasteiger partial charge in [-0.05, 0) is 18.6 Å². The normalized spacial score (nSPS) is 19.1. The smallest absolute Gasteiger partial charge is 0.186 e. The Kier molecular flexibility index (Phi) is 3.01. The van der Waals surface area contributed by atoms with Gasteiger partial charge < -0.3 is 9.84 Å². The molecule has 0 spiro atoms. The highest BCUT2D eigenvalue weighted by molar-refractivity contribution is 7.92. The van der Waals surface area contributed by atoms with Crippen LogP contribution in [0.15, 0.2) is 29.2 Å². The molecule has 5 heteroatoms. The van der Waals surface area contributed by atoms with Crippen LogP contribution in [0.25, 0.3) is 0 Å². The second-order valence-electron chi connectivity index (χ2n) is 3.92. The molecular weight excluding hydrogens is 228 g/mol. The van der Waals surface area contributed by atoms with E-state index in [0.717, 1.165) is 0 Å². The quantitative estimate of drug-likeness (QED) is 0.855. The lowest BCUT2D eigenvalue weighted by atomic mass is 10.1. The van der Waals surface area contributed by atoms with E-state index in [2.05, 4.69) is 0 Å². The fourth-order valence-electron chi connectivity index (χ4n) is 1.66. The summed E-state index contributed by atoms with van der Waals surface area (Å²) in [5, 5.41) is 9.08. The molecule has 2 rings (SSSR count). The monoisotopic (exact) mass is 242 g/mol. The van der Waals surface area contributed by atoms with Crippen molar-refractivity contribution in [2.45, 2.75) is 23.2 Å². The predicted octanol–water partition coefficient (Wildman–Crippen LogP) is 0.912. The minimum absolute atomic E-state index is 0.221. The van der Waals surface area contributed by atoms with Crippen LogP contribution in [0.3, 0.4) is 0 Å². The Morgan fingerprint density at radius 2 is 2.00 bits per heavy atom. The molecule has 0 aliphatic carbocycles. The topological polar surface area (TPSA) is 63.6 Å². The minimum atomic E-state index is -3.36. The van der Waals surface area contributed by atoms with Gasteiger partial charge in [0.05, 0.1) is 24.2 Å². The van der Waals surface area contributed by atoms with Gasteiger partial charge in [-0.15, -0.1) is 0 Å². The number of hydrogen-bond acceptors (Lipinski definition) is 4. The van der Waals surface area contributed by atoms with Gasteiger partial charge in [0, 0.05) is 0 Å². The third-order valence-electron chi connectivity index (χ3n) is 2.72. The van der Waals surface area contributed by atoms with E-state index in [9.17, 15) is 13.5 Å². The Labute approximate surface area is 94.8 Å². The molecule has 1 aliphatic heterocycles. The Bertz CT molecular complexity index is 475. The van der Waals surface area contributed by atoms with Gasteiger partial charge in [0.2, 0.25) is 0 Å². The van der Waals surface area contributed by atoms with Crippen LogP contribution >= 0.6 is 0 Å². The van der Waals surface area contributed by atoms with Gasteiger partial charge in [0.25, 0.3) is 0 Å². The number of aliphatic hydroxyl groups excluding tert-OH is 1. The van der Waals surface area contributed by atoms with E-state index in [1.807, 2.05) is 0 Å². The summed E-state index contributed by atoms with van der Waals surface area (Å²) in [6.45, 7) is 2.05. The van der Waals surface area contributed by atoms with E-state index >= 15 is 0 Å². The Hall–Kier alpha value is -0.910. The van der Waals surface area contributed by atoms with E-state index in [1.54, 1.807) is 25.1 Å². The fraction of sp³-hybridized carbons (Fsp3) is 0.455. The van der Waals surface area contributed by atoms with Gasteiger partial charge >= 0.3 is 0 Å². The van der Waals surface area contributed by atoms with Crippen LogP contribution in [0.1, 0.15) is 18.6 Å². The van der Waals surface area contributed by atoms with Crippen molar-refractivity contribution in [1.29, 1.82) is 0 Å². The Morgan fingerprint density at radius 3 is 2.50 bits per heavy atom. The second-order valence-corrected chi connectivity index (χ2v) is 6.11. The first-order chi connectivity index (χ1) is 7.53. The SMILES string of the molecule is CC(O)c1ccccc1S(=O)(=O)C1COC1. The van der Waals surface area contributed by atoms with Gasteiger partial charge in [0.1, 0.15) is 5.25 Å². The molecule has 0 radical (unpaired) electrons. The lowest BCUT2D eigenvalue weighted by Gasteiger charge is -2.27. The number of hydrogen-bond donors (Lipinski definition) is 1. The molecule has 88 valence electrons. The van der Waals surface area contributed by atoms with Crippen molar-refractivity contribution >= 4 is 9.84 Å². The number of rotatable bonds is 3. The maximum atomic E-state index is 12.1. The molecule has 0 aromatic heterocycles.